The maximum atomic E-state index is 5.81. The van der Waals surface area contributed by atoms with E-state index in [1.54, 1.807) is 0 Å². The summed E-state index contributed by atoms with van der Waals surface area (Å²) in [6.07, 6.45) is 12.9. The Kier molecular flexibility index (Phi) is 4.41. The van der Waals surface area contributed by atoms with Gasteiger partial charge in [0.15, 0.2) is 0 Å². The Balaban J connectivity index is 2.80. The monoisotopic (exact) mass is 203 g/mol. The molecule has 0 bridgehead atoms. The molecule has 1 aliphatic carbocycles. The molecule has 0 aromatic rings. The van der Waals surface area contributed by atoms with E-state index >= 15 is 0 Å². The van der Waals surface area contributed by atoms with Crippen molar-refractivity contribution in [1.29, 1.82) is 0 Å². The highest BCUT2D eigenvalue weighted by Gasteiger charge is 2.11. The van der Waals surface area contributed by atoms with Crippen molar-refractivity contribution in [2.75, 3.05) is 0 Å². The molecule has 1 unspecified atom stereocenters. The molecule has 0 aliphatic heterocycles. The van der Waals surface area contributed by atoms with Crippen LogP contribution >= 0.6 is 0 Å². The lowest BCUT2D eigenvalue weighted by molar-refractivity contribution is 0.725. The molecule has 0 heterocycles. The van der Waals surface area contributed by atoms with Crippen LogP contribution in [0.25, 0.3) is 0 Å². The largest absolute Gasteiger partial charge is 0.399 e. The van der Waals surface area contributed by atoms with Crippen LogP contribution in [0.2, 0.25) is 0 Å². The summed E-state index contributed by atoms with van der Waals surface area (Å²) in [6.45, 7) is 6.44. The van der Waals surface area contributed by atoms with Crippen molar-refractivity contribution in [2.45, 2.75) is 33.6 Å². The van der Waals surface area contributed by atoms with Gasteiger partial charge in [-0.1, -0.05) is 42.4 Å². The van der Waals surface area contributed by atoms with Gasteiger partial charge >= 0.3 is 0 Å². The summed E-state index contributed by atoms with van der Waals surface area (Å²) in [6, 6.07) is 0. The van der Waals surface area contributed by atoms with Gasteiger partial charge in [-0.25, -0.2) is 0 Å². The Hall–Kier alpha value is -1.24. The summed E-state index contributed by atoms with van der Waals surface area (Å²) >= 11 is 0. The van der Waals surface area contributed by atoms with Crippen LogP contribution < -0.4 is 5.73 Å². The standard InChI is InChI=1S/C14H21N/c1-4-12(9-8-11(2)3)13-6-5-7-14(15)10-13/h5,7-10,13H,4,6,15H2,1-3H3/b12-9+. The number of rotatable bonds is 3. The maximum absolute atomic E-state index is 5.81. The van der Waals surface area contributed by atoms with E-state index in [9.17, 15) is 0 Å². The second-order valence-corrected chi connectivity index (χ2v) is 4.25. The van der Waals surface area contributed by atoms with E-state index in [0.29, 0.717) is 5.92 Å². The molecule has 0 radical (unpaired) electrons. The quantitative estimate of drug-likeness (QED) is 0.695. The van der Waals surface area contributed by atoms with Crippen LogP contribution in [-0.4, -0.2) is 0 Å². The van der Waals surface area contributed by atoms with Crippen molar-refractivity contribution in [3.63, 3.8) is 0 Å². The van der Waals surface area contributed by atoms with Crippen LogP contribution in [0.3, 0.4) is 0 Å². The molecule has 0 spiro atoms. The molecule has 1 atom stereocenters. The maximum Gasteiger partial charge on any atom is 0.0276 e. The van der Waals surface area contributed by atoms with Gasteiger partial charge in [-0.05, 0) is 32.8 Å². The molecule has 1 nitrogen and oxygen atoms in total. The normalized spacial score (nSPS) is 21.1. The molecule has 0 fully saturated rings. The summed E-state index contributed by atoms with van der Waals surface area (Å²) in [7, 11) is 0. The smallest absolute Gasteiger partial charge is 0.0276 e. The summed E-state index contributed by atoms with van der Waals surface area (Å²) in [4.78, 5) is 0. The number of nitrogens with two attached hydrogens (primary N) is 1. The fraction of sp³-hybridized carbons (Fsp3) is 0.429. The second-order valence-electron chi connectivity index (χ2n) is 4.25. The lowest BCUT2D eigenvalue weighted by Crippen LogP contribution is -2.07. The van der Waals surface area contributed by atoms with Crippen molar-refractivity contribution >= 4 is 0 Å². The highest BCUT2D eigenvalue weighted by atomic mass is 14.6. The Morgan fingerprint density at radius 3 is 2.73 bits per heavy atom. The Bertz CT molecular complexity index is 325. The molecule has 1 rings (SSSR count). The van der Waals surface area contributed by atoms with Gasteiger partial charge in [-0.2, -0.15) is 0 Å². The average molecular weight is 203 g/mol. The van der Waals surface area contributed by atoms with E-state index in [0.717, 1.165) is 18.5 Å². The first-order valence-electron chi connectivity index (χ1n) is 5.61. The zero-order chi connectivity index (χ0) is 11.3. The topological polar surface area (TPSA) is 26.0 Å². The van der Waals surface area contributed by atoms with E-state index in [2.05, 4.69) is 45.1 Å². The summed E-state index contributed by atoms with van der Waals surface area (Å²) < 4.78 is 0. The third-order valence-electron chi connectivity index (χ3n) is 2.61. The van der Waals surface area contributed by atoms with Gasteiger partial charge < -0.3 is 5.73 Å². The first kappa shape index (κ1) is 11.8. The fourth-order valence-corrected chi connectivity index (χ4v) is 1.74. The highest BCUT2D eigenvalue weighted by Crippen LogP contribution is 2.24. The van der Waals surface area contributed by atoms with Crippen LogP contribution in [0.15, 0.2) is 47.2 Å². The number of hydrogen-bond donors (Lipinski definition) is 1. The van der Waals surface area contributed by atoms with Crippen LogP contribution in [0.5, 0.6) is 0 Å². The van der Waals surface area contributed by atoms with Gasteiger partial charge in [0, 0.05) is 11.6 Å². The van der Waals surface area contributed by atoms with E-state index in [1.807, 2.05) is 6.08 Å². The molecule has 1 heteroatoms. The summed E-state index contributed by atoms with van der Waals surface area (Å²) in [5.74, 6) is 0.496. The van der Waals surface area contributed by atoms with Gasteiger partial charge in [0.25, 0.3) is 0 Å². The molecule has 82 valence electrons. The molecule has 0 saturated carbocycles. The molecule has 2 N–H and O–H groups in total. The molecule has 0 amide bonds. The molecular formula is C14H21N. The first-order valence-corrected chi connectivity index (χ1v) is 5.61. The SMILES string of the molecule is CC/C(=C\C=C(C)C)C1C=C(N)C=CC1. The second kappa shape index (κ2) is 5.59. The fourth-order valence-electron chi connectivity index (χ4n) is 1.74. The molecule has 0 aromatic carbocycles. The predicted octanol–water partition coefficient (Wildman–Crippen LogP) is 3.71. The van der Waals surface area contributed by atoms with Crippen LogP contribution in [0.4, 0.5) is 0 Å². The third-order valence-corrected chi connectivity index (χ3v) is 2.61. The van der Waals surface area contributed by atoms with E-state index in [4.69, 9.17) is 5.73 Å². The minimum atomic E-state index is 0.496. The van der Waals surface area contributed by atoms with Crippen molar-refractivity contribution in [1.82, 2.24) is 0 Å². The van der Waals surface area contributed by atoms with Crippen LogP contribution in [0, 0.1) is 5.92 Å². The van der Waals surface area contributed by atoms with Gasteiger partial charge in [-0.3, -0.25) is 0 Å². The zero-order valence-corrected chi connectivity index (χ0v) is 9.96. The van der Waals surface area contributed by atoms with E-state index in [-0.39, 0.29) is 0 Å². The number of allylic oxidation sites excluding steroid dienone is 7. The van der Waals surface area contributed by atoms with Crippen molar-refractivity contribution in [3.05, 3.63) is 47.2 Å². The molecule has 15 heavy (non-hydrogen) atoms. The summed E-state index contributed by atoms with van der Waals surface area (Å²) in [5, 5.41) is 0. The minimum Gasteiger partial charge on any atom is -0.399 e. The van der Waals surface area contributed by atoms with Crippen LogP contribution in [-0.2, 0) is 0 Å². The third kappa shape index (κ3) is 3.78. The van der Waals surface area contributed by atoms with E-state index in [1.165, 1.54) is 11.1 Å². The zero-order valence-electron chi connectivity index (χ0n) is 9.96. The van der Waals surface area contributed by atoms with Gasteiger partial charge in [0.2, 0.25) is 0 Å². The van der Waals surface area contributed by atoms with Gasteiger partial charge in [0.1, 0.15) is 0 Å². The van der Waals surface area contributed by atoms with Gasteiger partial charge in [-0.15, -0.1) is 0 Å². The van der Waals surface area contributed by atoms with Gasteiger partial charge in [0.05, 0.1) is 0 Å². The summed E-state index contributed by atoms with van der Waals surface area (Å²) in [5.41, 5.74) is 9.50. The Morgan fingerprint density at radius 2 is 2.20 bits per heavy atom. The van der Waals surface area contributed by atoms with Crippen molar-refractivity contribution in [3.8, 4) is 0 Å². The first-order chi connectivity index (χ1) is 7.13. The highest BCUT2D eigenvalue weighted by molar-refractivity contribution is 5.29. The van der Waals surface area contributed by atoms with Crippen LogP contribution in [0.1, 0.15) is 33.6 Å². The molecular weight excluding hydrogens is 182 g/mol. The lowest BCUT2D eigenvalue weighted by Gasteiger charge is -2.17. The molecule has 0 saturated heterocycles. The minimum absolute atomic E-state index is 0.496. The number of hydrogen-bond acceptors (Lipinski definition) is 1. The predicted molar refractivity (Wildman–Crippen MR) is 67.3 cm³/mol. The Labute approximate surface area is 93.1 Å². The molecule has 1 aliphatic rings. The van der Waals surface area contributed by atoms with Crippen molar-refractivity contribution in [2.24, 2.45) is 11.7 Å². The molecule has 0 aromatic heterocycles. The van der Waals surface area contributed by atoms with E-state index < -0.39 is 0 Å². The lowest BCUT2D eigenvalue weighted by atomic mass is 9.89. The average Bonchev–Trinajstić information content (AvgIpc) is 2.18. The van der Waals surface area contributed by atoms with Crippen molar-refractivity contribution < 1.29 is 0 Å². The Morgan fingerprint density at radius 1 is 1.47 bits per heavy atom.